The molecule has 35 heavy (non-hydrogen) atoms. The van der Waals surface area contributed by atoms with E-state index in [-0.39, 0.29) is 11.9 Å². The first-order valence-electron chi connectivity index (χ1n) is 11.2. The highest BCUT2D eigenvalue weighted by molar-refractivity contribution is 9.10. The third-order valence-corrected chi connectivity index (χ3v) is 7.38. The van der Waals surface area contributed by atoms with E-state index in [9.17, 15) is 9.59 Å². The van der Waals surface area contributed by atoms with Gasteiger partial charge >= 0.3 is 5.97 Å². The summed E-state index contributed by atoms with van der Waals surface area (Å²) >= 11 is 10.3. The number of hydrogen-bond donors (Lipinski definition) is 0. The van der Waals surface area contributed by atoms with Crippen molar-refractivity contribution in [3.63, 3.8) is 0 Å². The van der Waals surface area contributed by atoms with Crippen LogP contribution in [0.3, 0.4) is 0 Å². The molecule has 0 bridgehead atoms. The van der Waals surface area contributed by atoms with Crippen molar-refractivity contribution in [2.75, 3.05) is 20.8 Å². The first kappa shape index (κ1) is 27.2. The number of nitrogens with zero attached hydrogens (tertiary/aromatic N) is 1. The minimum atomic E-state index is -0.216. The van der Waals surface area contributed by atoms with Gasteiger partial charge in [-0.05, 0) is 65.0 Å². The minimum Gasteiger partial charge on any atom is -0.493 e. The van der Waals surface area contributed by atoms with Crippen LogP contribution in [0.5, 0.6) is 11.5 Å². The molecule has 0 N–H and O–H groups in total. The van der Waals surface area contributed by atoms with E-state index in [4.69, 9.17) is 21.7 Å². The summed E-state index contributed by atoms with van der Waals surface area (Å²) in [6.07, 6.45) is 4.51. The molecule has 0 saturated carbocycles. The van der Waals surface area contributed by atoms with Gasteiger partial charge in [-0.1, -0.05) is 60.2 Å². The molecule has 3 rings (SSSR count). The summed E-state index contributed by atoms with van der Waals surface area (Å²) in [4.78, 5) is 26.3. The van der Waals surface area contributed by atoms with E-state index in [2.05, 4.69) is 20.7 Å². The number of esters is 1. The molecule has 1 aliphatic heterocycles. The van der Waals surface area contributed by atoms with Gasteiger partial charge in [0, 0.05) is 13.0 Å². The second-order valence-electron chi connectivity index (χ2n) is 8.03. The van der Waals surface area contributed by atoms with Crippen molar-refractivity contribution in [2.45, 2.75) is 39.2 Å². The summed E-state index contributed by atoms with van der Waals surface area (Å²) in [5, 5.41) is 0. The van der Waals surface area contributed by atoms with Gasteiger partial charge in [0.15, 0.2) is 11.5 Å². The molecule has 0 atom stereocenters. The Labute approximate surface area is 224 Å². The van der Waals surface area contributed by atoms with Gasteiger partial charge in [-0.25, -0.2) is 0 Å². The molecule has 1 aliphatic rings. The average Bonchev–Trinajstić information content (AvgIpc) is 3.10. The number of amides is 1. The van der Waals surface area contributed by atoms with Crippen LogP contribution in [0.4, 0.5) is 0 Å². The molecule has 2 aromatic carbocycles. The summed E-state index contributed by atoms with van der Waals surface area (Å²) in [7, 11) is 2.97. The molecule has 1 saturated heterocycles. The lowest BCUT2D eigenvalue weighted by Crippen LogP contribution is -2.29. The molecule has 2 aromatic rings. The molecule has 1 fully saturated rings. The summed E-state index contributed by atoms with van der Waals surface area (Å²) in [6.45, 7) is 2.99. The first-order chi connectivity index (χ1) is 16.8. The lowest BCUT2D eigenvalue weighted by Gasteiger charge is -2.14. The van der Waals surface area contributed by atoms with Gasteiger partial charge in [0.2, 0.25) is 0 Å². The van der Waals surface area contributed by atoms with Gasteiger partial charge in [0.1, 0.15) is 10.9 Å². The van der Waals surface area contributed by atoms with Gasteiger partial charge in [0.25, 0.3) is 5.91 Å². The van der Waals surface area contributed by atoms with E-state index in [1.807, 2.05) is 49.4 Å². The monoisotopic (exact) mass is 577 g/mol. The Hall–Kier alpha value is -2.36. The standard InChI is InChI=1S/C26H28BrNO5S2/c1-17-8-10-18(11-9-17)16-33-24-20(27)13-19(14-21(24)31-2)15-22-25(30)28(26(34)35-22)12-6-4-5-7-23(29)32-3/h8-11,13-15H,4-7,12,16H2,1-3H3/b22-15-. The third kappa shape index (κ3) is 7.56. The fourth-order valence-corrected chi connectivity index (χ4v) is 5.35. The van der Waals surface area contributed by atoms with Crippen LogP contribution in [0.25, 0.3) is 6.08 Å². The van der Waals surface area contributed by atoms with Crippen LogP contribution in [-0.4, -0.2) is 41.9 Å². The van der Waals surface area contributed by atoms with Gasteiger partial charge < -0.3 is 14.2 Å². The largest absolute Gasteiger partial charge is 0.493 e. The fourth-order valence-electron chi connectivity index (χ4n) is 3.47. The molecule has 0 aromatic heterocycles. The van der Waals surface area contributed by atoms with E-state index >= 15 is 0 Å². The van der Waals surface area contributed by atoms with Crippen molar-refractivity contribution >= 4 is 62.2 Å². The zero-order valence-corrected chi connectivity index (χ0v) is 23.2. The van der Waals surface area contributed by atoms with E-state index in [1.165, 1.54) is 24.4 Å². The predicted octanol–water partition coefficient (Wildman–Crippen LogP) is 6.28. The fraction of sp³-hybridized carbons (Fsp3) is 0.346. The maximum atomic E-state index is 12.9. The van der Waals surface area contributed by atoms with Gasteiger partial charge in [-0.3, -0.25) is 14.5 Å². The molecule has 1 amide bonds. The summed E-state index contributed by atoms with van der Waals surface area (Å²) in [5.74, 6) is 0.845. The minimum absolute atomic E-state index is 0.109. The molecule has 6 nitrogen and oxygen atoms in total. The number of carbonyl (C=O) groups is 2. The van der Waals surface area contributed by atoms with Crippen LogP contribution in [0.15, 0.2) is 45.8 Å². The van der Waals surface area contributed by atoms with Crippen LogP contribution in [0.2, 0.25) is 0 Å². The molecule has 186 valence electrons. The molecule has 0 spiro atoms. The van der Waals surface area contributed by atoms with E-state index < -0.39 is 0 Å². The molecule has 9 heteroatoms. The Morgan fingerprint density at radius 1 is 1.14 bits per heavy atom. The summed E-state index contributed by atoms with van der Waals surface area (Å²) in [5.41, 5.74) is 3.05. The third-order valence-electron chi connectivity index (χ3n) is 5.42. The predicted molar refractivity (Wildman–Crippen MR) is 147 cm³/mol. The Bertz CT molecular complexity index is 1120. The number of methoxy groups -OCH3 is 2. The highest BCUT2D eigenvalue weighted by atomic mass is 79.9. The maximum Gasteiger partial charge on any atom is 0.305 e. The van der Waals surface area contributed by atoms with E-state index in [1.54, 1.807) is 12.0 Å². The second kappa shape index (κ2) is 13.1. The van der Waals surface area contributed by atoms with Gasteiger partial charge in [0.05, 0.1) is 23.6 Å². The smallest absolute Gasteiger partial charge is 0.305 e. The summed E-state index contributed by atoms with van der Waals surface area (Å²) in [6, 6.07) is 11.9. The number of unbranched alkanes of at least 4 members (excludes halogenated alkanes) is 2. The molecule has 0 aliphatic carbocycles. The van der Waals surface area contributed by atoms with Crippen molar-refractivity contribution in [2.24, 2.45) is 0 Å². The number of hydrogen-bond acceptors (Lipinski definition) is 7. The molecule has 1 heterocycles. The lowest BCUT2D eigenvalue weighted by molar-refractivity contribution is -0.140. The number of thioether (sulfide) groups is 1. The second-order valence-corrected chi connectivity index (χ2v) is 10.6. The molecular formula is C26H28BrNO5S2. The number of aryl methyl sites for hydroxylation is 1. The zero-order chi connectivity index (χ0) is 25.4. The maximum absolute atomic E-state index is 12.9. The number of rotatable bonds is 11. The highest BCUT2D eigenvalue weighted by Crippen LogP contribution is 2.39. The number of carbonyl (C=O) groups excluding carboxylic acids is 2. The molecule has 0 radical (unpaired) electrons. The molecular weight excluding hydrogens is 550 g/mol. The SMILES string of the molecule is COC(=O)CCCCCN1C(=O)/C(=C/c2cc(Br)c(OCc3ccc(C)cc3)c(OC)c2)SC1=S. The quantitative estimate of drug-likeness (QED) is 0.135. The number of ether oxygens (including phenoxy) is 3. The Balaban J connectivity index is 1.65. The first-order valence-corrected chi connectivity index (χ1v) is 13.2. The Morgan fingerprint density at radius 2 is 1.89 bits per heavy atom. The number of thiocarbonyl (C=S) groups is 1. The molecule has 0 unspecified atom stereocenters. The Kier molecular flexibility index (Phi) is 10.2. The zero-order valence-electron chi connectivity index (χ0n) is 20.0. The average molecular weight is 579 g/mol. The van der Waals surface area contributed by atoms with Crippen molar-refractivity contribution in [3.05, 3.63) is 62.5 Å². The lowest BCUT2D eigenvalue weighted by atomic mass is 10.1. The van der Waals surface area contributed by atoms with Crippen molar-refractivity contribution < 1.29 is 23.8 Å². The van der Waals surface area contributed by atoms with Crippen LogP contribution in [0.1, 0.15) is 42.4 Å². The van der Waals surface area contributed by atoms with Crippen LogP contribution < -0.4 is 9.47 Å². The normalized spacial score (nSPS) is 14.5. The number of benzene rings is 2. The highest BCUT2D eigenvalue weighted by Gasteiger charge is 2.31. The van der Waals surface area contributed by atoms with Crippen LogP contribution in [0, 0.1) is 6.92 Å². The Morgan fingerprint density at radius 3 is 2.57 bits per heavy atom. The van der Waals surface area contributed by atoms with E-state index in [0.717, 1.165) is 34.9 Å². The van der Waals surface area contributed by atoms with Gasteiger partial charge in [-0.15, -0.1) is 0 Å². The topological polar surface area (TPSA) is 65.1 Å². The van der Waals surface area contributed by atoms with Gasteiger partial charge in [-0.2, -0.15) is 0 Å². The van der Waals surface area contributed by atoms with E-state index in [0.29, 0.717) is 40.3 Å². The van der Waals surface area contributed by atoms with Crippen LogP contribution >= 0.6 is 39.9 Å². The van der Waals surface area contributed by atoms with Crippen molar-refractivity contribution in [3.8, 4) is 11.5 Å². The van der Waals surface area contributed by atoms with Crippen molar-refractivity contribution in [1.82, 2.24) is 4.90 Å². The summed E-state index contributed by atoms with van der Waals surface area (Å²) < 4.78 is 17.5. The van der Waals surface area contributed by atoms with Crippen molar-refractivity contribution in [1.29, 1.82) is 0 Å². The number of halogens is 1. The van der Waals surface area contributed by atoms with Crippen LogP contribution in [-0.2, 0) is 20.9 Å².